The Labute approximate surface area is 535 Å². The molecule has 0 saturated heterocycles. The predicted molar refractivity (Wildman–Crippen MR) is 387 cm³/mol. The Kier molecular flexibility index (Phi) is 21.6. The van der Waals surface area contributed by atoms with Crippen LogP contribution in [0, 0.1) is 61.7 Å². The van der Waals surface area contributed by atoms with E-state index in [1.807, 2.05) is 13.8 Å². The minimum atomic E-state index is 1.21. The van der Waals surface area contributed by atoms with Gasteiger partial charge < -0.3 is 18.3 Å². The number of nitriles is 3. The number of nitrogens with zero attached hydrogens (tertiary/aromatic N) is 7. The summed E-state index contributed by atoms with van der Waals surface area (Å²) in [7, 11) is 0. The van der Waals surface area contributed by atoms with Crippen molar-refractivity contribution >= 4 is 87.2 Å². The van der Waals surface area contributed by atoms with Gasteiger partial charge in [0.05, 0.1) is 62.3 Å². The Morgan fingerprint density at radius 3 is 1.03 bits per heavy atom. The normalized spacial score (nSPS) is 10.2. The second-order valence-electron chi connectivity index (χ2n) is 21.4. The zero-order chi connectivity index (χ0) is 64.2. The van der Waals surface area contributed by atoms with Crippen molar-refractivity contribution in [3.8, 4) is 41.0 Å². The van der Waals surface area contributed by atoms with E-state index >= 15 is 0 Å². The molecule has 0 saturated carbocycles. The molecule has 0 amide bonds. The van der Waals surface area contributed by atoms with Crippen molar-refractivity contribution in [3.05, 3.63) is 313 Å². The summed E-state index contributed by atoms with van der Waals surface area (Å²) in [5, 5.41) is 32.5. The molecule has 0 aliphatic carbocycles. The van der Waals surface area contributed by atoms with E-state index in [1.165, 1.54) is 153 Å². The number of hydrogen-bond donors (Lipinski definition) is 0. The lowest BCUT2D eigenvalue weighted by Crippen LogP contribution is -1.94. The van der Waals surface area contributed by atoms with Gasteiger partial charge in [0, 0.05) is 86.6 Å². The summed E-state index contributed by atoms with van der Waals surface area (Å²) in [5.74, 6) is 0. The average molecular weight is 1180 g/mol. The van der Waals surface area contributed by atoms with Crippen molar-refractivity contribution in [3.63, 3.8) is 0 Å². The summed E-state index contributed by atoms with van der Waals surface area (Å²) in [4.78, 5) is 0. The van der Waals surface area contributed by atoms with Crippen LogP contribution in [0.4, 0.5) is 0 Å². The summed E-state index contributed by atoms with van der Waals surface area (Å²) in [6, 6.07) is 108. The number of aromatic nitrogens is 4. The van der Waals surface area contributed by atoms with Crippen LogP contribution in [-0.2, 0) is 0 Å². The van der Waals surface area contributed by atoms with Crippen LogP contribution in [0.15, 0.2) is 291 Å². The van der Waals surface area contributed by atoms with Crippen LogP contribution in [0.25, 0.3) is 110 Å². The number of fused-ring (bicyclic) bond motifs is 12. The van der Waals surface area contributed by atoms with Gasteiger partial charge in [-0.25, -0.2) is 0 Å². The molecule has 0 bridgehead atoms. The van der Waals surface area contributed by atoms with Crippen LogP contribution >= 0.6 is 0 Å². The standard InChI is InChI=1S/4C19H15N.3C2H3N.C2H6/c1-14-8-7-12-17-16-11-5-6-13-18(16)20(19(14)17)15-9-3-2-4-10-15;1-14-8-7-13-18-19(14)16-11-5-6-12-17(16)20(18)15-9-3-2-4-10-15;1-14-11-12-19-17(13-14)16-9-5-6-10-18(16)20(19)15-7-3-2-4-8-15;1-14-11-12-17-16-9-5-6-10-18(16)20(19(17)13-14)15-7-3-2-4-8-15;3*1-2-3;1-2/h4*2-13H,1H3;3*1H3;1-2H3. The molecule has 7 heteroatoms. The van der Waals surface area contributed by atoms with Crippen molar-refractivity contribution in [2.24, 2.45) is 0 Å². The molecule has 4 heterocycles. The van der Waals surface area contributed by atoms with E-state index in [9.17, 15) is 0 Å². The molecular formula is C84H75N7. The predicted octanol–water partition coefficient (Wildman–Crippen LogP) is 23.0. The summed E-state index contributed by atoms with van der Waals surface area (Å²) < 4.78 is 9.39. The minimum absolute atomic E-state index is 1.21. The Bertz CT molecular complexity index is 5090. The maximum absolute atomic E-state index is 7.32. The Morgan fingerprint density at radius 2 is 0.538 bits per heavy atom. The molecule has 0 radical (unpaired) electrons. The fourth-order valence-corrected chi connectivity index (χ4v) is 12.0. The Hall–Kier alpha value is -11.7. The van der Waals surface area contributed by atoms with E-state index in [-0.39, 0.29) is 0 Å². The second-order valence-corrected chi connectivity index (χ2v) is 21.4. The van der Waals surface area contributed by atoms with Gasteiger partial charge >= 0.3 is 0 Å². The lowest BCUT2D eigenvalue weighted by atomic mass is 10.1. The quantitative estimate of drug-likeness (QED) is 0.176. The van der Waals surface area contributed by atoms with E-state index < -0.39 is 0 Å². The lowest BCUT2D eigenvalue weighted by molar-refractivity contribution is 1.17. The topological polar surface area (TPSA) is 91.1 Å². The molecule has 4 aromatic heterocycles. The number of benzene rings is 12. The van der Waals surface area contributed by atoms with Crippen LogP contribution in [-0.4, -0.2) is 18.3 Å². The van der Waals surface area contributed by atoms with Gasteiger partial charge in [0.15, 0.2) is 0 Å². The van der Waals surface area contributed by atoms with Crippen molar-refractivity contribution in [2.45, 2.75) is 62.3 Å². The molecule has 16 rings (SSSR count). The Balaban J connectivity index is 0.000000136. The number of aryl methyl sites for hydroxylation is 4. The molecular weight excluding hydrogens is 1110 g/mol. The van der Waals surface area contributed by atoms with Gasteiger partial charge in [-0.2, -0.15) is 15.8 Å². The number of para-hydroxylation sites is 9. The van der Waals surface area contributed by atoms with Gasteiger partial charge in [-0.3, -0.25) is 0 Å². The fraction of sp³-hybridized carbons (Fsp3) is 0.107. The lowest BCUT2D eigenvalue weighted by Gasteiger charge is -2.08. The number of rotatable bonds is 4. The van der Waals surface area contributed by atoms with Gasteiger partial charge in [-0.15, -0.1) is 0 Å². The maximum Gasteiger partial charge on any atom is 0.0587 e. The second kappa shape index (κ2) is 30.8. The molecule has 91 heavy (non-hydrogen) atoms. The smallest absolute Gasteiger partial charge is 0.0587 e. The van der Waals surface area contributed by atoms with Gasteiger partial charge in [-0.05, 0) is 141 Å². The highest BCUT2D eigenvalue weighted by molar-refractivity contribution is 6.13. The molecule has 16 aromatic rings. The van der Waals surface area contributed by atoms with Crippen molar-refractivity contribution in [1.29, 1.82) is 15.8 Å². The molecule has 446 valence electrons. The molecule has 0 unspecified atom stereocenters. The molecule has 0 N–H and O–H groups in total. The van der Waals surface area contributed by atoms with Crippen molar-refractivity contribution in [1.82, 2.24) is 18.3 Å². The first-order valence-corrected chi connectivity index (χ1v) is 30.8. The van der Waals surface area contributed by atoms with Gasteiger partial charge in [-0.1, -0.05) is 214 Å². The molecule has 0 fully saturated rings. The zero-order valence-corrected chi connectivity index (χ0v) is 53.3. The molecule has 7 nitrogen and oxygen atoms in total. The van der Waals surface area contributed by atoms with Gasteiger partial charge in [0.1, 0.15) is 0 Å². The number of hydrogen-bond acceptors (Lipinski definition) is 3. The first-order chi connectivity index (χ1) is 44.6. The van der Waals surface area contributed by atoms with Crippen LogP contribution in [0.3, 0.4) is 0 Å². The summed E-state index contributed by atoms with van der Waals surface area (Å²) in [6.45, 7) is 16.9. The zero-order valence-electron chi connectivity index (χ0n) is 53.3. The molecule has 0 spiro atoms. The molecule has 12 aromatic carbocycles. The van der Waals surface area contributed by atoms with Crippen LogP contribution in [0.2, 0.25) is 0 Å². The van der Waals surface area contributed by atoms with Crippen LogP contribution in [0.1, 0.15) is 56.9 Å². The summed E-state index contributed by atoms with van der Waals surface area (Å²) in [5.41, 5.74) is 20.3. The largest absolute Gasteiger partial charge is 0.309 e. The maximum atomic E-state index is 7.32. The summed E-state index contributed by atoms with van der Waals surface area (Å²) >= 11 is 0. The van der Waals surface area contributed by atoms with Gasteiger partial charge in [0.2, 0.25) is 0 Å². The third kappa shape index (κ3) is 13.7. The first kappa shape index (κ1) is 63.8. The Morgan fingerprint density at radius 1 is 0.242 bits per heavy atom. The highest BCUT2D eigenvalue weighted by atomic mass is 15.0. The van der Waals surface area contributed by atoms with Crippen molar-refractivity contribution in [2.75, 3.05) is 0 Å². The van der Waals surface area contributed by atoms with E-state index in [0.717, 1.165) is 0 Å². The molecule has 0 aliphatic rings. The van der Waals surface area contributed by atoms with Crippen molar-refractivity contribution < 1.29 is 0 Å². The van der Waals surface area contributed by atoms with Crippen LogP contribution < -0.4 is 0 Å². The molecule has 0 atom stereocenters. The monoisotopic (exact) mass is 1180 g/mol. The van der Waals surface area contributed by atoms with Crippen LogP contribution in [0.5, 0.6) is 0 Å². The third-order valence-electron chi connectivity index (χ3n) is 15.5. The highest BCUT2D eigenvalue weighted by Crippen LogP contribution is 2.37. The van der Waals surface area contributed by atoms with E-state index in [4.69, 9.17) is 15.8 Å². The molecule has 0 aliphatic heterocycles. The minimum Gasteiger partial charge on any atom is -0.309 e. The third-order valence-corrected chi connectivity index (χ3v) is 15.5. The fourth-order valence-electron chi connectivity index (χ4n) is 12.0. The van der Waals surface area contributed by atoms with Gasteiger partial charge in [0.25, 0.3) is 0 Å². The SMILES string of the molecule is CC.CC#N.CC#N.CC#N.Cc1ccc2c(c1)c1ccccc1n2-c1ccccc1.Cc1ccc2c3ccccc3n(-c3ccccc3)c2c1.Cc1cccc2c1c1ccccc1n2-c1ccccc1.Cc1cccc2c3ccccc3n(-c3ccccc3)c12. The van der Waals surface area contributed by atoms with E-state index in [1.54, 1.807) is 18.2 Å². The first-order valence-electron chi connectivity index (χ1n) is 30.8. The van der Waals surface area contributed by atoms with E-state index in [2.05, 4.69) is 337 Å². The average Bonchev–Trinajstić information content (AvgIpc) is 1.64. The summed E-state index contributed by atoms with van der Waals surface area (Å²) in [6.07, 6.45) is 0. The highest BCUT2D eigenvalue weighted by Gasteiger charge is 2.16. The van der Waals surface area contributed by atoms with E-state index in [0.29, 0.717) is 0 Å².